The van der Waals surface area contributed by atoms with Gasteiger partial charge in [0.25, 0.3) is 5.56 Å². The molecule has 0 atom stereocenters. The largest absolute Gasteiger partial charge is 1.00 e. The normalized spacial score (nSPS) is 10.8. The monoisotopic (exact) mass is 298 g/mol. The molecule has 0 aliphatic carbocycles. The third-order valence-electron chi connectivity index (χ3n) is 2.97. The Labute approximate surface area is 135 Å². The molecule has 0 unspecified atom stereocenters. The van der Waals surface area contributed by atoms with Crippen LogP contribution in [-0.2, 0) is 11.3 Å². The van der Waals surface area contributed by atoms with Gasteiger partial charge in [-0.15, -0.1) is 16.4 Å². The van der Waals surface area contributed by atoms with Gasteiger partial charge < -0.3 is 14.8 Å². The average molecular weight is 298 g/mol. The molecular formula is C12H11LiN4O3S. The molecule has 0 amide bonds. The fourth-order valence-electron chi connectivity index (χ4n) is 2.15. The number of aromatic nitrogens is 3. The molecule has 3 heterocycles. The molecule has 3 aromatic heterocycles. The van der Waals surface area contributed by atoms with Gasteiger partial charge in [0.2, 0.25) is 5.95 Å². The quantitative estimate of drug-likeness (QED) is 0.469. The molecule has 0 saturated heterocycles. The van der Waals surface area contributed by atoms with Gasteiger partial charge in [0.1, 0.15) is 5.52 Å². The summed E-state index contributed by atoms with van der Waals surface area (Å²) < 4.78 is 3.61. The van der Waals surface area contributed by atoms with Gasteiger partial charge in [-0.05, 0) is 17.5 Å². The van der Waals surface area contributed by atoms with E-state index in [0.717, 1.165) is 14.9 Å². The molecule has 9 heteroatoms. The molecule has 0 bridgehead atoms. The summed E-state index contributed by atoms with van der Waals surface area (Å²) in [5.41, 5.74) is 0.855. The van der Waals surface area contributed by atoms with Crippen LogP contribution in [0, 0.1) is 0 Å². The van der Waals surface area contributed by atoms with Crippen LogP contribution in [0.2, 0.25) is 0 Å². The van der Waals surface area contributed by atoms with Crippen molar-refractivity contribution >= 4 is 39.0 Å². The molecule has 0 aromatic carbocycles. The minimum atomic E-state index is -1.35. The number of rotatable bonds is 3. The molecule has 0 radical (unpaired) electrons. The van der Waals surface area contributed by atoms with Crippen molar-refractivity contribution in [2.75, 3.05) is 19.0 Å². The molecule has 3 aromatic rings. The van der Waals surface area contributed by atoms with Crippen LogP contribution < -0.4 is 34.4 Å². The Morgan fingerprint density at radius 1 is 1.43 bits per heavy atom. The Morgan fingerprint density at radius 2 is 2.14 bits per heavy atom. The van der Waals surface area contributed by atoms with Crippen LogP contribution in [0.3, 0.4) is 0 Å². The molecule has 7 nitrogen and oxygen atoms in total. The number of thiophene rings is 1. The maximum Gasteiger partial charge on any atom is 1.00 e. The fraction of sp³-hybridized carbons (Fsp3) is 0.250. The van der Waals surface area contributed by atoms with Gasteiger partial charge >= 0.3 is 18.9 Å². The molecule has 21 heavy (non-hydrogen) atoms. The molecular weight excluding hydrogens is 287 g/mol. The third-order valence-corrected chi connectivity index (χ3v) is 3.82. The second-order valence-corrected chi connectivity index (χ2v) is 5.51. The van der Waals surface area contributed by atoms with Crippen molar-refractivity contribution in [1.29, 1.82) is 0 Å². The van der Waals surface area contributed by atoms with Crippen LogP contribution in [0.5, 0.6) is 0 Å². The number of carboxylic acid groups (broad SMARTS) is 1. The fourth-order valence-corrected chi connectivity index (χ4v) is 2.95. The van der Waals surface area contributed by atoms with Gasteiger partial charge in [0, 0.05) is 14.1 Å². The third kappa shape index (κ3) is 2.46. The van der Waals surface area contributed by atoms with E-state index in [2.05, 4.69) is 5.10 Å². The molecule has 0 N–H and O–H groups in total. The Balaban J connectivity index is 0.00000161. The predicted octanol–water partition coefficient (Wildman–Crippen LogP) is -3.47. The first kappa shape index (κ1) is 15.6. The number of nitrogens with zero attached hydrogens (tertiary/aromatic N) is 4. The van der Waals surface area contributed by atoms with Crippen LogP contribution in [0.4, 0.5) is 5.95 Å². The van der Waals surface area contributed by atoms with E-state index in [1.807, 2.05) is 11.4 Å². The second-order valence-electron chi connectivity index (χ2n) is 4.56. The summed E-state index contributed by atoms with van der Waals surface area (Å²) in [6.45, 7) is -0.561. The van der Waals surface area contributed by atoms with E-state index in [9.17, 15) is 14.7 Å². The molecule has 0 saturated carbocycles. The Bertz CT molecular complexity index is 880. The second kappa shape index (κ2) is 5.56. The van der Waals surface area contributed by atoms with Gasteiger partial charge in [-0.2, -0.15) is 0 Å². The van der Waals surface area contributed by atoms with Crippen molar-refractivity contribution in [3.63, 3.8) is 0 Å². The van der Waals surface area contributed by atoms with Crippen molar-refractivity contribution < 1.29 is 28.8 Å². The average Bonchev–Trinajstić information content (AvgIpc) is 2.92. The number of carboxylic acids is 1. The first-order valence-corrected chi connectivity index (χ1v) is 6.74. The summed E-state index contributed by atoms with van der Waals surface area (Å²) in [7, 11) is 3.57. The van der Waals surface area contributed by atoms with Crippen molar-refractivity contribution in [3.05, 3.63) is 27.9 Å². The maximum absolute atomic E-state index is 12.3. The van der Waals surface area contributed by atoms with Gasteiger partial charge in [-0.25, -0.2) is 4.68 Å². The van der Waals surface area contributed by atoms with E-state index in [0.29, 0.717) is 11.5 Å². The first-order chi connectivity index (χ1) is 9.49. The Kier molecular flexibility index (Phi) is 4.14. The standard InChI is InChI=1S/C12H12N4O3S.Li/c1-14(2)12-13-15(6-10(17)18)11(19)8-5-9-7(16(8)12)3-4-20-9;/h3-5H,6H2,1-2H3,(H,17,18);/q;+1/p-1. The zero-order chi connectivity index (χ0) is 14.4. The number of aliphatic carboxylic acids is 1. The van der Waals surface area contributed by atoms with E-state index in [-0.39, 0.29) is 18.9 Å². The number of anilines is 1. The molecule has 104 valence electrons. The minimum absolute atomic E-state index is 0. The molecule has 0 aliphatic rings. The van der Waals surface area contributed by atoms with E-state index >= 15 is 0 Å². The smallest absolute Gasteiger partial charge is 0.548 e. The van der Waals surface area contributed by atoms with Crippen molar-refractivity contribution in [2.45, 2.75) is 6.54 Å². The van der Waals surface area contributed by atoms with Crippen molar-refractivity contribution in [1.82, 2.24) is 14.2 Å². The molecule has 0 spiro atoms. The van der Waals surface area contributed by atoms with Gasteiger partial charge in [0.15, 0.2) is 0 Å². The summed E-state index contributed by atoms with van der Waals surface area (Å²) in [4.78, 5) is 24.7. The first-order valence-electron chi connectivity index (χ1n) is 5.86. The van der Waals surface area contributed by atoms with E-state index in [4.69, 9.17) is 0 Å². The van der Waals surface area contributed by atoms with Crippen molar-refractivity contribution in [2.24, 2.45) is 0 Å². The molecule has 3 rings (SSSR count). The van der Waals surface area contributed by atoms with E-state index in [1.54, 1.807) is 29.5 Å². The van der Waals surface area contributed by atoms with Crippen LogP contribution in [-0.4, -0.2) is 34.2 Å². The van der Waals surface area contributed by atoms with Crippen LogP contribution >= 0.6 is 11.3 Å². The van der Waals surface area contributed by atoms with Gasteiger partial charge in [-0.3, -0.25) is 9.20 Å². The summed E-state index contributed by atoms with van der Waals surface area (Å²) in [6.07, 6.45) is 0. The van der Waals surface area contributed by atoms with Crippen molar-refractivity contribution in [3.8, 4) is 0 Å². The number of hydrogen-bond donors (Lipinski definition) is 0. The Morgan fingerprint density at radius 3 is 2.76 bits per heavy atom. The predicted molar refractivity (Wildman–Crippen MR) is 74.2 cm³/mol. The van der Waals surface area contributed by atoms with Crippen LogP contribution in [0.15, 0.2) is 22.3 Å². The van der Waals surface area contributed by atoms with E-state index < -0.39 is 18.1 Å². The number of carbonyl (C=O) groups is 1. The topological polar surface area (TPSA) is 82.7 Å². The maximum atomic E-state index is 12.3. The number of fused-ring (bicyclic) bond motifs is 3. The molecule has 0 fully saturated rings. The summed E-state index contributed by atoms with van der Waals surface area (Å²) >= 11 is 1.52. The van der Waals surface area contributed by atoms with Gasteiger partial charge in [-0.1, -0.05) is 0 Å². The summed E-state index contributed by atoms with van der Waals surface area (Å²) in [6, 6.07) is 3.66. The summed E-state index contributed by atoms with van der Waals surface area (Å²) in [5, 5.41) is 16.8. The summed E-state index contributed by atoms with van der Waals surface area (Å²) in [5.74, 6) is -0.851. The van der Waals surface area contributed by atoms with Crippen LogP contribution in [0.25, 0.3) is 15.7 Å². The Hall–Kier alpha value is -1.75. The zero-order valence-electron chi connectivity index (χ0n) is 11.9. The SMILES string of the molecule is CN(C)c1nn(CC(=O)[O-])c(=O)c2cc3sccc3n12.[Li+]. The van der Waals surface area contributed by atoms with Gasteiger partial charge in [0.05, 0.1) is 22.7 Å². The zero-order valence-corrected chi connectivity index (χ0v) is 12.7. The number of carbonyl (C=O) groups excluding carboxylic acids is 1. The number of hydrogen-bond acceptors (Lipinski definition) is 6. The van der Waals surface area contributed by atoms with Crippen LogP contribution in [0.1, 0.15) is 0 Å². The molecule has 0 aliphatic heterocycles. The minimum Gasteiger partial charge on any atom is -0.548 e. The van der Waals surface area contributed by atoms with E-state index in [1.165, 1.54) is 11.3 Å².